The number of para-hydroxylation sites is 1. The minimum Gasteiger partial charge on any atom is -0.490 e. The van der Waals surface area contributed by atoms with Crippen LogP contribution in [-0.4, -0.2) is 13.2 Å². The highest BCUT2D eigenvalue weighted by Crippen LogP contribution is 2.29. The highest BCUT2D eigenvalue weighted by atomic mass is 35.5. The monoisotopic (exact) mass is 353 g/mol. The number of halogens is 1. The summed E-state index contributed by atoms with van der Waals surface area (Å²) in [4.78, 5) is 0. The Morgan fingerprint density at radius 1 is 0.760 bits per heavy atom. The van der Waals surface area contributed by atoms with Gasteiger partial charge in [0.15, 0.2) is 0 Å². The summed E-state index contributed by atoms with van der Waals surface area (Å²) >= 11 is 5.98. The summed E-state index contributed by atoms with van der Waals surface area (Å²) in [5, 5.41) is 0.654. The van der Waals surface area contributed by atoms with Crippen molar-refractivity contribution in [3.05, 3.63) is 83.4 Å². The minimum atomic E-state index is 0.383. The van der Waals surface area contributed by atoms with Crippen LogP contribution >= 0.6 is 11.6 Å². The molecule has 0 saturated heterocycles. The highest BCUT2D eigenvalue weighted by molar-refractivity contribution is 6.30. The van der Waals surface area contributed by atoms with E-state index in [0.29, 0.717) is 24.8 Å². The van der Waals surface area contributed by atoms with Crippen molar-refractivity contribution in [3.63, 3.8) is 0 Å². The lowest BCUT2D eigenvalue weighted by atomic mass is 10.1. The van der Waals surface area contributed by atoms with E-state index in [2.05, 4.69) is 18.2 Å². The lowest BCUT2D eigenvalue weighted by molar-refractivity contribution is 0.216. The van der Waals surface area contributed by atoms with Crippen molar-refractivity contribution in [3.8, 4) is 22.6 Å². The van der Waals surface area contributed by atoms with Crippen molar-refractivity contribution in [2.75, 3.05) is 13.2 Å². The van der Waals surface area contributed by atoms with Crippen molar-refractivity contribution < 1.29 is 9.47 Å². The molecule has 0 unspecified atom stereocenters. The van der Waals surface area contributed by atoms with E-state index < -0.39 is 0 Å². The van der Waals surface area contributed by atoms with Crippen LogP contribution in [0.5, 0.6) is 11.5 Å². The topological polar surface area (TPSA) is 44.5 Å². The van der Waals surface area contributed by atoms with E-state index >= 15 is 0 Å². The number of nitrogens with two attached hydrogens (primary N) is 1. The molecule has 25 heavy (non-hydrogen) atoms. The van der Waals surface area contributed by atoms with Crippen molar-refractivity contribution in [1.82, 2.24) is 0 Å². The SMILES string of the molecule is NCc1cc(Cl)ccc1OCCOc1ccccc1-c1ccccc1. The molecule has 0 aliphatic carbocycles. The Kier molecular flexibility index (Phi) is 5.94. The molecule has 3 rings (SSSR count). The summed E-state index contributed by atoms with van der Waals surface area (Å²) in [5.74, 6) is 1.58. The van der Waals surface area contributed by atoms with E-state index in [1.165, 1.54) is 0 Å². The molecule has 0 radical (unpaired) electrons. The zero-order valence-corrected chi connectivity index (χ0v) is 14.6. The predicted molar refractivity (Wildman–Crippen MR) is 102 cm³/mol. The van der Waals surface area contributed by atoms with Gasteiger partial charge in [0.1, 0.15) is 24.7 Å². The second kappa shape index (κ2) is 8.56. The molecular weight excluding hydrogens is 334 g/mol. The van der Waals surface area contributed by atoms with Crippen LogP contribution in [0.2, 0.25) is 5.02 Å². The number of ether oxygens (including phenoxy) is 2. The van der Waals surface area contributed by atoms with Crippen molar-refractivity contribution in [2.24, 2.45) is 5.73 Å². The number of benzene rings is 3. The molecule has 3 aromatic carbocycles. The van der Waals surface area contributed by atoms with Gasteiger partial charge in [-0.2, -0.15) is 0 Å². The molecule has 3 aromatic rings. The fraction of sp³-hybridized carbons (Fsp3) is 0.143. The van der Waals surface area contributed by atoms with E-state index in [1.807, 2.05) is 48.5 Å². The van der Waals surface area contributed by atoms with Crippen LogP contribution in [0.25, 0.3) is 11.1 Å². The minimum absolute atomic E-state index is 0.383. The molecule has 0 atom stereocenters. The second-order valence-electron chi connectivity index (χ2n) is 5.52. The molecule has 0 saturated carbocycles. The molecule has 0 aliphatic heterocycles. The first-order valence-corrected chi connectivity index (χ1v) is 8.54. The molecule has 128 valence electrons. The molecule has 2 N–H and O–H groups in total. The third kappa shape index (κ3) is 4.53. The van der Waals surface area contributed by atoms with Gasteiger partial charge in [-0.05, 0) is 29.8 Å². The summed E-state index contributed by atoms with van der Waals surface area (Å²) in [6.07, 6.45) is 0. The first kappa shape index (κ1) is 17.3. The Balaban J connectivity index is 1.62. The number of hydrogen-bond acceptors (Lipinski definition) is 3. The van der Waals surface area contributed by atoms with Gasteiger partial charge in [-0.1, -0.05) is 60.1 Å². The zero-order valence-electron chi connectivity index (χ0n) is 13.8. The summed E-state index contributed by atoms with van der Waals surface area (Å²) < 4.78 is 11.7. The number of hydrogen-bond donors (Lipinski definition) is 1. The van der Waals surface area contributed by atoms with E-state index in [4.69, 9.17) is 26.8 Å². The molecule has 0 fully saturated rings. The van der Waals surface area contributed by atoms with Crippen LogP contribution in [0.1, 0.15) is 5.56 Å². The second-order valence-corrected chi connectivity index (χ2v) is 5.95. The van der Waals surface area contributed by atoms with Crippen LogP contribution in [0.3, 0.4) is 0 Å². The Morgan fingerprint density at radius 2 is 1.44 bits per heavy atom. The summed E-state index contributed by atoms with van der Waals surface area (Å²) in [5.41, 5.74) is 8.81. The van der Waals surface area contributed by atoms with Crippen LogP contribution in [-0.2, 0) is 6.54 Å². The molecule has 3 nitrogen and oxygen atoms in total. The maximum atomic E-state index is 5.98. The van der Waals surface area contributed by atoms with Crippen LogP contribution < -0.4 is 15.2 Å². The van der Waals surface area contributed by atoms with Crippen LogP contribution in [0.15, 0.2) is 72.8 Å². The average molecular weight is 354 g/mol. The Bertz CT molecular complexity index is 821. The molecule has 4 heteroatoms. The first-order chi connectivity index (χ1) is 12.3. The highest BCUT2D eigenvalue weighted by Gasteiger charge is 2.06. The third-order valence-electron chi connectivity index (χ3n) is 3.81. The maximum Gasteiger partial charge on any atom is 0.127 e. The molecule has 0 aliphatic rings. The molecule has 0 amide bonds. The predicted octanol–water partition coefficient (Wildman–Crippen LogP) is 4.92. The summed E-state index contributed by atoms with van der Waals surface area (Å²) in [6, 6.07) is 23.6. The van der Waals surface area contributed by atoms with Crippen LogP contribution in [0.4, 0.5) is 0 Å². The lowest BCUT2D eigenvalue weighted by Gasteiger charge is -2.14. The van der Waals surface area contributed by atoms with E-state index in [9.17, 15) is 0 Å². The molecule has 0 spiro atoms. The Hall–Kier alpha value is -2.49. The van der Waals surface area contributed by atoms with Crippen molar-refractivity contribution in [1.29, 1.82) is 0 Å². The first-order valence-electron chi connectivity index (χ1n) is 8.16. The maximum absolute atomic E-state index is 5.98. The third-order valence-corrected chi connectivity index (χ3v) is 4.05. The van der Waals surface area contributed by atoms with Gasteiger partial charge in [0.2, 0.25) is 0 Å². The smallest absolute Gasteiger partial charge is 0.127 e. The molecule has 0 heterocycles. The van der Waals surface area contributed by atoms with E-state index in [1.54, 1.807) is 6.07 Å². The van der Waals surface area contributed by atoms with Gasteiger partial charge in [-0.3, -0.25) is 0 Å². The fourth-order valence-electron chi connectivity index (χ4n) is 2.60. The molecule has 0 aromatic heterocycles. The summed E-state index contributed by atoms with van der Waals surface area (Å²) in [6.45, 7) is 1.25. The Labute approximate surface area is 153 Å². The van der Waals surface area contributed by atoms with Gasteiger partial charge in [-0.15, -0.1) is 0 Å². The van der Waals surface area contributed by atoms with Gasteiger partial charge >= 0.3 is 0 Å². The summed E-state index contributed by atoms with van der Waals surface area (Å²) in [7, 11) is 0. The van der Waals surface area contributed by atoms with Crippen molar-refractivity contribution in [2.45, 2.75) is 6.54 Å². The van der Waals surface area contributed by atoms with Gasteiger partial charge in [0, 0.05) is 22.7 Å². The average Bonchev–Trinajstić information content (AvgIpc) is 2.67. The van der Waals surface area contributed by atoms with E-state index in [0.717, 1.165) is 28.2 Å². The van der Waals surface area contributed by atoms with Gasteiger partial charge in [0.05, 0.1) is 0 Å². The molecule has 0 bridgehead atoms. The zero-order chi connectivity index (χ0) is 17.5. The number of rotatable bonds is 7. The standard InChI is InChI=1S/C21H20ClNO2/c22-18-10-11-20(17(14-18)15-23)24-12-13-25-21-9-5-4-8-19(21)16-6-2-1-3-7-16/h1-11,14H,12-13,15,23H2. The van der Waals surface area contributed by atoms with Crippen molar-refractivity contribution >= 4 is 11.6 Å². The fourth-order valence-corrected chi connectivity index (χ4v) is 2.80. The van der Waals surface area contributed by atoms with Gasteiger partial charge in [-0.25, -0.2) is 0 Å². The lowest BCUT2D eigenvalue weighted by Crippen LogP contribution is -2.11. The Morgan fingerprint density at radius 3 is 2.20 bits per heavy atom. The van der Waals surface area contributed by atoms with Crippen LogP contribution in [0, 0.1) is 0 Å². The van der Waals surface area contributed by atoms with E-state index in [-0.39, 0.29) is 0 Å². The van der Waals surface area contributed by atoms with Gasteiger partial charge in [0.25, 0.3) is 0 Å². The molecular formula is C21H20ClNO2. The quantitative estimate of drug-likeness (QED) is 0.613. The normalized spacial score (nSPS) is 10.5. The largest absolute Gasteiger partial charge is 0.490 e. The van der Waals surface area contributed by atoms with Gasteiger partial charge < -0.3 is 15.2 Å².